The third kappa shape index (κ3) is 2.70. The topological polar surface area (TPSA) is 35.5 Å². The standard InChI is InChI=1S/C10H21IO3Si2/c1-8-7-16(11,13-9(2)12)15(5,6)14-10(8,3)4/h8H,7H2,1-6H3. The fourth-order valence-electron chi connectivity index (χ4n) is 2.11. The van der Waals surface area contributed by atoms with Gasteiger partial charge >= 0.3 is 5.33 Å². The molecule has 0 saturated carbocycles. The zero-order valence-corrected chi connectivity index (χ0v) is 15.0. The van der Waals surface area contributed by atoms with Crippen LogP contribution in [0, 0.1) is 5.92 Å². The Hall–Kier alpha value is 0.594. The molecule has 0 aromatic heterocycles. The molecule has 1 saturated heterocycles. The summed E-state index contributed by atoms with van der Waals surface area (Å²) >= 11 is 2.41. The number of rotatable bonds is 1. The Labute approximate surface area is 113 Å². The van der Waals surface area contributed by atoms with E-state index in [-0.39, 0.29) is 11.6 Å². The van der Waals surface area contributed by atoms with Crippen molar-refractivity contribution in [2.45, 2.75) is 52.4 Å². The molecule has 6 heteroatoms. The van der Waals surface area contributed by atoms with Crippen LogP contribution < -0.4 is 0 Å². The van der Waals surface area contributed by atoms with E-state index in [1.165, 1.54) is 6.92 Å². The second kappa shape index (κ2) is 4.36. The van der Waals surface area contributed by atoms with E-state index < -0.39 is 13.2 Å². The predicted molar refractivity (Wildman–Crippen MR) is 78.2 cm³/mol. The van der Waals surface area contributed by atoms with E-state index in [2.05, 4.69) is 55.7 Å². The van der Waals surface area contributed by atoms with Crippen LogP contribution in [-0.4, -0.2) is 24.7 Å². The van der Waals surface area contributed by atoms with E-state index in [1.54, 1.807) is 0 Å². The molecule has 94 valence electrons. The molecule has 1 aliphatic heterocycles. The van der Waals surface area contributed by atoms with Crippen LogP contribution >= 0.6 is 21.8 Å². The molecule has 16 heavy (non-hydrogen) atoms. The Bertz CT molecular complexity index is 306. The second-order valence-electron chi connectivity index (χ2n) is 5.64. The lowest BCUT2D eigenvalue weighted by Crippen LogP contribution is -2.68. The van der Waals surface area contributed by atoms with Crippen molar-refractivity contribution < 1.29 is 13.6 Å². The monoisotopic (exact) mass is 372 g/mol. The number of hydrogen-bond acceptors (Lipinski definition) is 3. The Morgan fingerprint density at radius 2 is 2.00 bits per heavy atom. The van der Waals surface area contributed by atoms with Crippen molar-refractivity contribution in [3.63, 3.8) is 0 Å². The molecule has 1 aliphatic rings. The zero-order valence-electron chi connectivity index (χ0n) is 10.9. The van der Waals surface area contributed by atoms with Crippen LogP contribution in [0.3, 0.4) is 0 Å². The molecule has 1 fully saturated rings. The molecule has 0 aromatic carbocycles. The van der Waals surface area contributed by atoms with Crippen LogP contribution in [0.1, 0.15) is 27.7 Å². The number of carbonyl (C=O) groups is 1. The van der Waals surface area contributed by atoms with Crippen molar-refractivity contribution in [2.75, 3.05) is 0 Å². The van der Waals surface area contributed by atoms with Crippen LogP contribution in [0.2, 0.25) is 19.1 Å². The van der Waals surface area contributed by atoms with Gasteiger partial charge < -0.3 is 8.85 Å². The number of hydrogen-bond donors (Lipinski definition) is 0. The summed E-state index contributed by atoms with van der Waals surface area (Å²) in [5, 5.41) is -2.04. The average Bonchev–Trinajstić information content (AvgIpc) is 1.97. The van der Waals surface area contributed by atoms with Gasteiger partial charge in [-0.3, -0.25) is 4.79 Å². The molecule has 0 amide bonds. The lowest BCUT2D eigenvalue weighted by atomic mass is 9.95. The molecule has 2 atom stereocenters. The van der Waals surface area contributed by atoms with E-state index in [4.69, 9.17) is 8.85 Å². The van der Waals surface area contributed by atoms with Crippen LogP contribution in [0.4, 0.5) is 0 Å². The molecule has 2 unspecified atom stereocenters. The highest BCUT2D eigenvalue weighted by atomic mass is 127. The zero-order chi connectivity index (χ0) is 12.8. The smallest absolute Gasteiger partial charge is 0.332 e. The maximum atomic E-state index is 11.2. The molecule has 0 aromatic rings. The van der Waals surface area contributed by atoms with Crippen molar-refractivity contribution in [3.05, 3.63) is 0 Å². The molecule has 1 rings (SSSR count). The Morgan fingerprint density at radius 1 is 1.50 bits per heavy atom. The van der Waals surface area contributed by atoms with Crippen LogP contribution in [-0.2, 0) is 13.6 Å². The van der Waals surface area contributed by atoms with Gasteiger partial charge in [0.2, 0.25) is 7.83 Å². The van der Waals surface area contributed by atoms with Gasteiger partial charge in [0.15, 0.2) is 0 Å². The Morgan fingerprint density at radius 3 is 2.44 bits per heavy atom. The third-order valence-electron chi connectivity index (χ3n) is 3.48. The maximum Gasteiger partial charge on any atom is 0.332 e. The Balaban J connectivity index is 3.00. The first-order valence-electron chi connectivity index (χ1n) is 5.59. The average molecular weight is 372 g/mol. The summed E-state index contributed by atoms with van der Waals surface area (Å²) in [7, 11) is -1.90. The molecule has 0 spiro atoms. The van der Waals surface area contributed by atoms with Crippen molar-refractivity contribution in [1.29, 1.82) is 0 Å². The van der Waals surface area contributed by atoms with Gasteiger partial charge in [-0.25, -0.2) is 0 Å². The van der Waals surface area contributed by atoms with Gasteiger partial charge in [0.25, 0.3) is 5.97 Å². The number of carbonyl (C=O) groups excluding carboxylic acids is 1. The quantitative estimate of drug-likeness (QED) is 0.403. The fourth-order valence-corrected chi connectivity index (χ4v) is 15.0. The molecule has 3 nitrogen and oxygen atoms in total. The Kier molecular flexibility index (Phi) is 3.99. The first-order valence-corrected chi connectivity index (χ1v) is 14.7. The van der Waals surface area contributed by atoms with Gasteiger partial charge in [0, 0.05) is 6.92 Å². The summed E-state index contributed by atoms with van der Waals surface area (Å²) in [4.78, 5) is 11.2. The van der Waals surface area contributed by atoms with E-state index in [0.717, 1.165) is 6.04 Å². The normalized spacial score (nSPS) is 36.8. The molecule has 0 radical (unpaired) electrons. The lowest BCUT2D eigenvalue weighted by Gasteiger charge is -2.51. The highest BCUT2D eigenvalue weighted by Gasteiger charge is 2.61. The van der Waals surface area contributed by atoms with Gasteiger partial charge in [-0.1, -0.05) is 28.7 Å². The van der Waals surface area contributed by atoms with Crippen LogP contribution in [0.25, 0.3) is 0 Å². The van der Waals surface area contributed by atoms with Gasteiger partial charge in [-0.2, -0.15) is 0 Å². The summed E-state index contributed by atoms with van der Waals surface area (Å²) in [6.07, 6.45) is 0. The van der Waals surface area contributed by atoms with Crippen molar-refractivity contribution in [3.8, 4) is 0 Å². The van der Waals surface area contributed by atoms with Gasteiger partial charge in [-0.15, -0.1) is 0 Å². The van der Waals surface area contributed by atoms with Crippen molar-refractivity contribution in [1.82, 2.24) is 0 Å². The summed E-state index contributed by atoms with van der Waals surface area (Å²) in [6, 6.07) is 1.01. The van der Waals surface area contributed by atoms with Crippen LogP contribution in [0.5, 0.6) is 0 Å². The first kappa shape index (κ1) is 14.7. The molecular formula is C10H21IO3Si2. The van der Waals surface area contributed by atoms with Crippen molar-refractivity contribution >= 4 is 40.9 Å². The van der Waals surface area contributed by atoms with E-state index >= 15 is 0 Å². The summed E-state index contributed by atoms with van der Waals surface area (Å²) in [6.45, 7) is 12.3. The lowest BCUT2D eigenvalue weighted by molar-refractivity contribution is -0.132. The molecule has 0 bridgehead atoms. The summed E-state index contributed by atoms with van der Waals surface area (Å²) < 4.78 is 12.0. The SMILES string of the molecule is CC(=O)O[Si]1(I)CC(C)C(C)(C)O[Si]1(C)C. The minimum absolute atomic E-state index is 0.0858. The minimum Gasteiger partial charge on any atom is -0.510 e. The molecule has 0 N–H and O–H groups in total. The van der Waals surface area contributed by atoms with Gasteiger partial charge in [0.1, 0.15) is 0 Å². The van der Waals surface area contributed by atoms with E-state index in [9.17, 15) is 4.79 Å². The van der Waals surface area contributed by atoms with Crippen molar-refractivity contribution in [2.24, 2.45) is 5.92 Å². The van der Waals surface area contributed by atoms with E-state index in [1.807, 2.05) is 0 Å². The maximum absolute atomic E-state index is 11.2. The van der Waals surface area contributed by atoms with E-state index in [0.29, 0.717) is 5.92 Å². The molecular weight excluding hydrogens is 351 g/mol. The third-order valence-corrected chi connectivity index (χ3v) is 28.4. The summed E-state index contributed by atoms with van der Waals surface area (Å²) in [5.74, 6) is 0.285. The predicted octanol–water partition coefficient (Wildman–Crippen LogP) is 3.16. The van der Waals surface area contributed by atoms with Gasteiger partial charge in [-0.05, 0) is 38.9 Å². The minimum atomic E-state index is -2.04. The highest BCUT2D eigenvalue weighted by Crippen LogP contribution is 2.45. The van der Waals surface area contributed by atoms with Crippen LogP contribution in [0.15, 0.2) is 0 Å². The molecule has 0 aliphatic carbocycles. The molecule has 1 heterocycles. The first-order chi connectivity index (χ1) is 7.00. The summed E-state index contributed by atoms with van der Waals surface area (Å²) in [5.41, 5.74) is -0.0858. The van der Waals surface area contributed by atoms with Gasteiger partial charge in [0.05, 0.1) is 5.60 Å². The number of halogens is 1. The largest absolute Gasteiger partial charge is 0.510 e. The fraction of sp³-hybridized carbons (Fsp3) is 0.900. The highest BCUT2D eigenvalue weighted by molar-refractivity contribution is 14.1. The second-order valence-corrected chi connectivity index (χ2v) is 25.3.